The molecule has 3 amide bonds. The number of H-pyrrole nitrogens is 1. The Kier molecular flexibility index (Phi) is 13.8. The van der Waals surface area contributed by atoms with Crippen LogP contribution in [-0.4, -0.2) is 75.4 Å². The van der Waals surface area contributed by atoms with Crippen LogP contribution < -0.4 is 33.2 Å². The molecular weight excluding hydrogens is 494 g/mol. The molecule has 1 heterocycles. The maximum absolute atomic E-state index is 13.3. The van der Waals surface area contributed by atoms with Crippen molar-refractivity contribution in [1.82, 2.24) is 25.9 Å². The average Bonchev–Trinajstić information content (AvgIpc) is 3.32. The highest BCUT2D eigenvalue weighted by molar-refractivity contribution is 5.94. The van der Waals surface area contributed by atoms with E-state index in [1.54, 1.807) is 0 Å². The lowest BCUT2D eigenvalue weighted by molar-refractivity contribution is -0.142. The van der Waals surface area contributed by atoms with Gasteiger partial charge in [0.15, 0.2) is 5.96 Å². The standard InChI is InChI=1S/C24H43N9O5/c1-13(2)8-16(25)20(34)31-17(6-5-7-29-24(26)27)21(35)32-18(10-15-11-28-12-30-15)22(36)33-19(23(37)38)9-14(3)4/h11-14,16-19H,5-10,25H2,1-4H3,(H,28,30)(H,31,34)(H,32,35)(H,33,36)(H,37,38)(H4,26,27,29). The number of guanidine groups is 1. The number of imidazole rings is 1. The smallest absolute Gasteiger partial charge is 0.326 e. The number of carboxylic acids is 1. The normalized spacial score (nSPS) is 14.3. The molecule has 14 heteroatoms. The molecule has 0 aliphatic rings. The number of nitrogens with two attached hydrogens (primary N) is 3. The third-order valence-electron chi connectivity index (χ3n) is 5.57. The second-order valence-corrected chi connectivity index (χ2v) is 10.1. The first-order chi connectivity index (χ1) is 17.8. The van der Waals surface area contributed by atoms with E-state index in [1.807, 2.05) is 27.7 Å². The van der Waals surface area contributed by atoms with E-state index in [4.69, 9.17) is 17.2 Å². The molecule has 14 nitrogen and oxygen atoms in total. The molecule has 11 N–H and O–H groups in total. The van der Waals surface area contributed by atoms with Crippen molar-refractivity contribution >= 4 is 29.7 Å². The highest BCUT2D eigenvalue weighted by Gasteiger charge is 2.31. The first kappa shape index (κ1) is 32.3. The van der Waals surface area contributed by atoms with Crippen LogP contribution >= 0.6 is 0 Å². The molecular formula is C24H43N9O5. The van der Waals surface area contributed by atoms with E-state index in [1.165, 1.54) is 12.5 Å². The zero-order valence-electron chi connectivity index (χ0n) is 22.6. The summed E-state index contributed by atoms with van der Waals surface area (Å²) in [5, 5.41) is 17.4. The summed E-state index contributed by atoms with van der Waals surface area (Å²) in [5.41, 5.74) is 17.3. The molecule has 0 fully saturated rings. The Hall–Kier alpha value is -3.68. The van der Waals surface area contributed by atoms with Gasteiger partial charge in [0, 0.05) is 24.9 Å². The second-order valence-electron chi connectivity index (χ2n) is 10.1. The highest BCUT2D eigenvalue weighted by Crippen LogP contribution is 2.09. The maximum Gasteiger partial charge on any atom is 0.326 e. The first-order valence-electron chi connectivity index (χ1n) is 12.7. The highest BCUT2D eigenvalue weighted by atomic mass is 16.4. The largest absolute Gasteiger partial charge is 0.480 e. The number of carbonyl (C=O) groups excluding carboxylic acids is 3. The van der Waals surface area contributed by atoms with Gasteiger partial charge in [-0.1, -0.05) is 27.7 Å². The molecule has 0 aromatic carbocycles. The van der Waals surface area contributed by atoms with E-state index in [2.05, 4.69) is 30.9 Å². The minimum Gasteiger partial charge on any atom is -0.480 e. The quantitative estimate of drug-likeness (QED) is 0.0686. The average molecular weight is 538 g/mol. The van der Waals surface area contributed by atoms with Crippen LogP contribution in [0.25, 0.3) is 0 Å². The van der Waals surface area contributed by atoms with Crippen LogP contribution in [0.2, 0.25) is 0 Å². The molecule has 0 saturated heterocycles. The molecule has 214 valence electrons. The van der Waals surface area contributed by atoms with Gasteiger partial charge in [-0.15, -0.1) is 0 Å². The van der Waals surface area contributed by atoms with Gasteiger partial charge in [0.05, 0.1) is 12.4 Å². The van der Waals surface area contributed by atoms with E-state index < -0.39 is 47.9 Å². The Morgan fingerprint density at radius 1 is 0.947 bits per heavy atom. The van der Waals surface area contributed by atoms with Gasteiger partial charge in [-0.2, -0.15) is 0 Å². The number of carbonyl (C=O) groups is 4. The number of hydrogen-bond donors (Lipinski definition) is 8. The van der Waals surface area contributed by atoms with Crippen molar-refractivity contribution in [3.05, 3.63) is 18.2 Å². The molecule has 0 saturated carbocycles. The van der Waals surface area contributed by atoms with Crippen molar-refractivity contribution in [1.29, 1.82) is 0 Å². The molecule has 1 rings (SSSR count). The van der Waals surface area contributed by atoms with Crippen LogP contribution in [0.3, 0.4) is 0 Å². The number of nitrogens with one attached hydrogen (secondary N) is 4. The molecule has 1 aromatic heterocycles. The number of amides is 3. The van der Waals surface area contributed by atoms with E-state index in [-0.39, 0.29) is 43.6 Å². The lowest BCUT2D eigenvalue weighted by atomic mass is 10.0. The second kappa shape index (κ2) is 16.2. The summed E-state index contributed by atoms with van der Waals surface area (Å²) in [6, 6.07) is -4.12. The number of aliphatic imine (C=N–C) groups is 1. The van der Waals surface area contributed by atoms with Gasteiger partial charge in [0.2, 0.25) is 17.7 Å². The Morgan fingerprint density at radius 3 is 2.05 bits per heavy atom. The van der Waals surface area contributed by atoms with Crippen LogP contribution in [0.5, 0.6) is 0 Å². The van der Waals surface area contributed by atoms with E-state index >= 15 is 0 Å². The summed E-state index contributed by atoms with van der Waals surface area (Å²) in [7, 11) is 0. The summed E-state index contributed by atoms with van der Waals surface area (Å²) in [6.07, 6.45) is 4.11. The first-order valence-corrected chi connectivity index (χ1v) is 12.7. The number of nitrogens with zero attached hydrogens (tertiary/aromatic N) is 2. The summed E-state index contributed by atoms with van der Waals surface area (Å²) in [4.78, 5) is 61.5. The third kappa shape index (κ3) is 12.5. The van der Waals surface area contributed by atoms with Crippen molar-refractivity contribution in [2.75, 3.05) is 6.54 Å². The minimum absolute atomic E-state index is 0.0110. The summed E-state index contributed by atoms with van der Waals surface area (Å²) in [6.45, 7) is 7.76. The SMILES string of the molecule is CC(C)CC(N)C(=O)NC(CCCN=C(N)N)C(=O)NC(Cc1cnc[nH]1)C(=O)NC(CC(C)C)C(=O)O. The van der Waals surface area contributed by atoms with Crippen LogP contribution in [-0.2, 0) is 25.6 Å². The van der Waals surface area contributed by atoms with Gasteiger partial charge in [-0.05, 0) is 37.5 Å². The lowest BCUT2D eigenvalue weighted by Gasteiger charge is -2.25. The molecule has 0 spiro atoms. The molecule has 1 aromatic rings. The predicted molar refractivity (Wildman–Crippen MR) is 143 cm³/mol. The van der Waals surface area contributed by atoms with Crippen LogP contribution in [0.1, 0.15) is 59.1 Å². The third-order valence-corrected chi connectivity index (χ3v) is 5.57. The molecule has 0 radical (unpaired) electrons. The Balaban J connectivity index is 3.10. The van der Waals surface area contributed by atoms with Gasteiger partial charge in [-0.25, -0.2) is 9.78 Å². The zero-order valence-corrected chi connectivity index (χ0v) is 22.6. The summed E-state index contributed by atoms with van der Waals surface area (Å²) >= 11 is 0. The fourth-order valence-electron chi connectivity index (χ4n) is 3.73. The molecule has 4 atom stereocenters. The minimum atomic E-state index is -1.18. The van der Waals surface area contributed by atoms with E-state index in [0.717, 1.165) is 0 Å². The van der Waals surface area contributed by atoms with Crippen molar-refractivity contribution in [3.8, 4) is 0 Å². The number of hydrogen-bond acceptors (Lipinski definition) is 7. The molecule has 0 aliphatic heterocycles. The van der Waals surface area contributed by atoms with E-state index in [0.29, 0.717) is 18.5 Å². The topological polar surface area (TPSA) is 244 Å². The zero-order chi connectivity index (χ0) is 28.8. The summed E-state index contributed by atoms with van der Waals surface area (Å²) < 4.78 is 0. The van der Waals surface area contributed by atoms with Crippen LogP contribution in [0, 0.1) is 11.8 Å². The van der Waals surface area contributed by atoms with Gasteiger partial charge in [0.25, 0.3) is 0 Å². The van der Waals surface area contributed by atoms with Crippen molar-refractivity contribution in [2.45, 2.75) is 84.0 Å². The van der Waals surface area contributed by atoms with Crippen molar-refractivity contribution < 1.29 is 24.3 Å². The Morgan fingerprint density at radius 2 is 1.53 bits per heavy atom. The monoisotopic (exact) mass is 537 g/mol. The number of aliphatic carboxylic acids is 1. The van der Waals surface area contributed by atoms with Gasteiger partial charge in [0.1, 0.15) is 18.1 Å². The lowest BCUT2D eigenvalue weighted by Crippen LogP contribution is -2.57. The van der Waals surface area contributed by atoms with Crippen molar-refractivity contribution in [3.63, 3.8) is 0 Å². The fourth-order valence-corrected chi connectivity index (χ4v) is 3.73. The molecule has 4 unspecified atom stereocenters. The number of aromatic nitrogens is 2. The molecule has 0 bridgehead atoms. The Bertz CT molecular complexity index is 930. The number of rotatable bonds is 17. The Labute approximate surface area is 223 Å². The maximum atomic E-state index is 13.3. The number of carboxylic acid groups (broad SMARTS) is 1. The van der Waals surface area contributed by atoms with Crippen LogP contribution in [0.15, 0.2) is 17.5 Å². The van der Waals surface area contributed by atoms with Gasteiger partial charge >= 0.3 is 5.97 Å². The van der Waals surface area contributed by atoms with E-state index in [9.17, 15) is 24.3 Å². The predicted octanol–water partition coefficient (Wildman–Crippen LogP) is -1.04. The van der Waals surface area contributed by atoms with Crippen molar-refractivity contribution in [2.24, 2.45) is 34.0 Å². The molecule has 38 heavy (non-hydrogen) atoms. The number of aromatic amines is 1. The van der Waals surface area contributed by atoms with Gasteiger partial charge in [-0.3, -0.25) is 19.4 Å². The summed E-state index contributed by atoms with van der Waals surface area (Å²) in [5.74, 6) is -2.91. The fraction of sp³-hybridized carbons (Fsp3) is 0.667. The van der Waals surface area contributed by atoms with Gasteiger partial charge < -0.3 is 43.2 Å². The molecule has 0 aliphatic carbocycles. The van der Waals surface area contributed by atoms with Crippen LogP contribution in [0.4, 0.5) is 0 Å².